The zero-order valence-electron chi connectivity index (χ0n) is 17.1. The lowest BCUT2D eigenvalue weighted by molar-refractivity contribution is -0.113. The molecule has 0 atom stereocenters. The zero-order valence-corrected chi connectivity index (χ0v) is 17.9. The van der Waals surface area contributed by atoms with Gasteiger partial charge in [0.25, 0.3) is 0 Å². The van der Waals surface area contributed by atoms with Crippen molar-refractivity contribution in [2.45, 2.75) is 5.03 Å². The molecule has 0 aliphatic carbocycles. The number of carbonyl (C=O) groups excluding carboxylic acids is 1. The van der Waals surface area contributed by atoms with Crippen molar-refractivity contribution in [3.63, 3.8) is 0 Å². The Morgan fingerprint density at radius 2 is 2.06 bits per heavy atom. The number of pyridine rings is 1. The molecule has 2 heterocycles. The van der Waals surface area contributed by atoms with Gasteiger partial charge in [0.05, 0.1) is 48.5 Å². The molecule has 7 nitrogen and oxygen atoms in total. The number of para-hydroxylation sites is 2. The minimum absolute atomic E-state index is 0.147. The van der Waals surface area contributed by atoms with Gasteiger partial charge in [-0.05, 0) is 30.3 Å². The normalized spacial score (nSPS) is 13.6. The van der Waals surface area contributed by atoms with Crippen molar-refractivity contribution in [2.75, 3.05) is 49.4 Å². The van der Waals surface area contributed by atoms with Crippen LogP contribution in [0, 0.1) is 11.3 Å². The minimum Gasteiger partial charge on any atom is -0.497 e. The van der Waals surface area contributed by atoms with Gasteiger partial charge in [-0.3, -0.25) is 4.79 Å². The number of anilines is 2. The molecule has 1 amide bonds. The lowest BCUT2D eigenvalue weighted by atomic mass is 10.1. The highest BCUT2D eigenvalue weighted by Gasteiger charge is 2.16. The van der Waals surface area contributed by atoms with Crippen molar-refractivity contribution >= 4 is 39.9 Å². The molecule has 1 aliphatic heterocycles. The zero-order chi connectivity index (χ0) is 21.6. The van der Waals surface area contributed by atoms with Crippen LogP contribution in [0.15, 0.2) is 53.6 Å². The molecule has 31 heavy (non-hydrogen) atoms. The van der Waals surface area contributed by atoms with Crippen LogP contribution in [-0.2, 0) is 9.53 Å². The summed E-state index contributed by atoms with van der Waals surface area (Å²) in [6, 6.07) is 17.2. The number of amides is 1. The van der Waals surface area contributed by atoms with E-state index in [2.05, 4.69) is 21.3 Å². The molecular weight excluding hydrogens is 412 g/mol. The van der Waals surface area contributed by atoms with Crippen molar-refractivity contribution in [1.82, 2.24) is 4.98 Å². The number of morpholine rings is 1. The van der Waals surface area contributed by atoms with Crippen LogP contribution >= 0.6 is 11.8 Å². The predicted molar refractivity (Wildman–Crippen MR) is 122 cm³/mol. The number of fused-ring (bicyclic) bond motifs is 1. The molecule has 1 saturated heterocycles. The summed E-state index contributed by atoms with van der Waals surface area (Å²) in [5, 5.41) is 13.9. The van der Waals surface area contributed by atoms with E-state index in [-0.39, 0.29) is 11.7 Å². The van der Waals surface area contributed by atoms with Crippen LogP contribution in [0.4, 0.5) is 11.4 Å². The molecule has 158 valence electrons. The van der Waals surface area contributed by atoms with E-state index >= 15 is 0 Å². The summed E-state index contributed by atoms with van der Waals surface area (Å²) in [7, 11) is 1.60. The number of ether oxygens (including phenoxy) is 2. The molecule has 3 aromatic rings. The molecule has 8 heteroatoms. The third kappa shape index (κ3) is 4.90. The van der Waals surface area contributed by atoms with Gasteiger partial charge in [-0.2, -0.15) is 5.26 Å². The van der Waals surface area contributed by atoms with E-state index < -0.39 is 0 Å². The number of hydrogen-bond donors (Lipinski definition) is 1. The van der Waals surface area contributed by atoms with E-state index in [1.165, 1.54) is 11.8 Å². The van der Waals surface area contributed by atoms with Gasteiger partial charge in [0.15, 0.2) is 0 Å². The first-order valence-corrected chi connectivity index (χ1v) is 10.9. The van der Waals surface area contributed by atoms with Crippen LogP contribution in [0.2, 0.25) is 0 Å². The van der Waals surface area contributed by atoms with Crippen molar-refractivity contribution in [3.05, 3.63) is 54.1 Å². The maximum absolute atomic E-state index is 12.7. The van der Waals surface area contributed by atoms with Gasteiger partial charge in [-0.15, -0.1) is 0 Å². The summed E-state index contributed by atoms with van der Waals surface area (Å²) in [6.07, 6.45) is 0. The van der Waals surface area contributed by atoms with Crippen LogP contribution in [0.25, 0.3) is 10.9 Å². The lowest BCUT2D eigenvalue weighted by Crippen LogP contribution is -2.36. The van der Waals surface area contributed by atoms with Gasteiger partial charge in [0.2, 0.25) is 5.91 Å². The molecular formula is C23H22N4O3S. The molecule has 0 unspecified atom stereocenters. The number of thioether (sulfide) groups is 1. The molecule has 0 radical (unpaired) electrons. The van der Waals surface area contributed by atoms with Gasteiger partial charge in [-0.1, -0.05) is 23.9 Å². The number of carbonyl (C=O) groups is 1. The topological polar surface area (TPSA) is 87.5 Å². The Morgan fingerprint density at radius 1 is 1.26 bits per heavy atom. The second-order valence-electron chi connectivity index (χ2n) is 6.96. The monoisotopic (exact) mass is 434 g/mol. The van der Waals surface area contributed by atoms with Crippen LogP contribution in [0.3, 0.4) is 0 Å². The summed E-state index contributed by atoms with van der Waals surface area (Å²) in [6.45, 7) is 2.93. The minimum atomic E-state index is -0.151. The third-order valence-corrected chi connectivity index (χ3v) is 5.97. The fourth-order valence-corrected chi connectivity index (χ4v) is 4.19. The summed E-state index contributed by atoms with van der Waals surface area (Å²) < 4.78 is 10.7. The van der Waals surface area contributed by atoms with Crippen LogP contribution in [0.5, 0.6) is 5.75 Å². The number of rotatable bonds is 6. The highest BCUT2D eigenvalue weighted by Crippen LogP contribution is 2.29. The number of nitrogens with zero attached hydrogens (tertiary/aromatic N) is 3. The first-order valence-electron chi connectivity index (χ1n) is 9.91. The number of nitriles is 1. The Hall–Kier alpha value is -3.28. The molecule has 1 N–H and O–H groups in total. The Balaban J connectivity index is 1.48. The van der Waals surface area contributed by atoms with Crippen LogP contribution in [0.1, 0.15) is 5.56 Å². The Labute approximate surface area is 185 Å². The fraction of sp³-hybridized carbons (Fsp3) is 0.261. The van der Waals surface area contributed by atoms with Crippen LogP contribution < -0.4 is 15.0 Å². The summed E-state index contributed by atoms with van der Waals surface area (Å²) >= 11 is 1.25. The first kappa shape index (κ1) is 21.0. The van der Waals surface area contributed by atoms with Gasteiger partial charge >= 0.3 is 0 Å². The number of nitrogens with one attached hydrogen (secondary N) is 1. The van der Waals surface area contributed by atoms with Crippen molar-refractivity contribution < 1.29 is 14.3 Å². The summed E-state index contributed by atoms with van der Waals surface area (Å²) in [5.74, 6) is 0.689. The molecule has 1 fully saturated rings. The molecule has 0 bridgehead atoms. The summed E-state index contributed by atoms with van der Waals surface area (Å²) in [4.78, 5) is 19.5. The van der Waals surface area contributed by atoms with Gasteiger partial charge < -0.3 is 19.7 Å². The van der Waals surface area contributed by atoms with Gasteiger partial charge in [0.1, 0.15) is 16.8 Å². The van der Waals surface area contributed by atoms with E-state index in [0.29, 0.717) is 29.6 Å². The quantitative estimate of drug-likeness (QED) is 0.592. The number of hydrogen-bond acceptors (Lipinski definition) is 7. The molecule has 0 spiro atoms. The molecule has 1 aliphatic rings. The van der Waals surface area contributed by atoms with Crippen molar-refractivity contribution in [3.8, 4) is 11.8 Å². The Bertz CT molecular complexity index is 1140. The molecule has 4 rings (SSSR count). The molecule has 0 saturated carbocycles. The van der Waals surface area contributed by atoms with Crippen molar-refractivity contribution in [2.24, 2.45) is 0 Å². The second kappa shape index (κ2) is 9.69. The van der Waals surface area contributed by atoms with E-state index in [1.807, 2.05) is 42.5 Å². The Kier molecular flexibility index (Phi) is 6.55. The van der Waals surface area contributed by atoms with Gasteiger partial charge in [0, 0.05) is 24.5 Å². The lowest BCUT2D eigenvalue weighted by Gasteiger charge is -2.30. The number of benzene rings is 2. The summed E-state index contributed by atoms with van der Waals surface area (Å²) in [5.41, 5.74) is 2.92. The van der Waals surface area contributed by atoms with E-state index in [1.54, 1.807) is 13.2 Å². The average Bonchev–Trinajstić information content (AvgIpc) is 2.82. The number of methoxy groups -OCH3 is 1. The largest absolute Gasteiger partial charge is 0.497 e. The standard InChI is InChI=1S/C23H22N4O3S/c1-29-18-7-6-16-12-17(14-24)23(26-20(16)13-18)31-15-22(28)25-19-4-2-3-5-21(19)27-8-10-30-11-9-27/h2-7,12-13H,8-11,15H2,1H3,(H,25,28). The number of aromatic nitrogens is 1. The SMILES string of the molecule is COc1ccc2cc(C#N)c(SCC(=O)Nc3ccccc3N3CCOCC3)nc2c1. The van der Waals surface area contributed by atoms with Crippen molar-refractivity contribution in [1.29, 1.82) is 5.26 Å². The third-order valence-electron chi connectivity index (χ3n) is 4.98. The van der Waals surface area contributed by atoms with Gasteiger partial charge in [-0.25, -0.2) is 4.98 Å². The smallest absolute Gasteiger partial charge is 0.234 e. The van der Waals surface area contributed by atoms with E-state index in [9.17, 15) is 10.1 Å². The highest BCUT2D eigenvalue weighted by molar-refractivity contribution is 8.00. The van der Waals surface area contributed by atoms with E-state index in [0.717, 1.165) is 35.4 Å². The average molecular weight is 435 g/mol. The fourth-order valence-electron chi connectivity index (χ4n) is 3.43. The highest BCUT2D eigenvalue weighted by atomic mass is 32.2. The second-order valence-corrected chi connectivity index (χ2v) is 7.93. The first-order chi connectivity index (χ1) is 15.2. The maximum Gasteiger partial charge on any atom is 0.234 e. The molecule has 2 aromatic carbocycles. The van der Waals surface area contributed by atoms with Crippen LogP contribution in [-0.4, -0.2) is 50.1 Å². The Morgan fingerprint density at radius 3 is 2.84 bits per heavy atom. The maximum atomic E-state index is 12.7. The molecule has 1 aromatic heterocycles. The van der Waals surface area contributed by atoms with E-state index in [4.69, 9.17) is 9.47 Å². The predicted octanol–water partition coefficient (Wildman–Crippen LogP) is 3.68.